The van der Waals surface area contributed by atoms with Crippen LogP contribution in [0, 0.1) is 6.92 Å². The summed E-state index contributed by atoms with van der Waals surface area (Å²) >= 11 is 0. The lowest BCUT2D eigenvalue weighted by Crippen LogP contribution is -2.21. The number of benzene rings is 1. The molecule has 1 aromatic heterocycles. The molecule has 0 bridgehead atoms. The minimum Gasteiger partial charge on any atom is -0.311 e. The predicted molar refractivity (Wildman–Crippen MR) is 74.9 cm³/mol. The zero-order valence-electron chi connectivity index (χ0n) is 12.2. The Balaban J connectivity index is 2.25. The van der Waals surface area contributed by atoms with Crippen molar-refractivity contribution in [3.8, 4) is 0 Å². The largest absolute Gasteiger partial charge is 0.416 e. The van der Waals surface area contributed by atoms with E-state index >= 15 is 0 Å². The summed E-state index contributed by atoms with van der Waals surface area (Å²) in [6.07, 6.45) is -3.84. The van der Waals surface area contributed by atoms with Gasteiger partial charge >= 0.3 is 6.18 Å². The molecule has 1 heterocycles. The average Bonchev–Trinajstić information content (AvgIpc) is 2.74. The van der Waals surface area contributed by atoms with E-state index < -0.39 is 11.7 Å². The molecule has 0 spiro atoms. The van der Waals surface area contributed by atoms with Gasteiger partial charge in [0.05, 0.1) is 23.0 Å². The topological polar surface area (TPSA) is 29.9 Å². The van der Waals surface area contributed by atoms with Crippen LogP contribution >= 0.6 is 0 Å². The van der Waals surface area contributed by atoms with Gasteiger partial charge < -0.3 is 5.32 Å². The Bertz CT molecular complexity index is 617. The zero-order valence-corrected chi connectivity index (χ0v) is 12.2. The molecule has 2 aromatic rings. The SMILES string of the molecule is CNC(Cc1cccc(C(F)(F)F)c1)c1cc(C)nn1C. The van der Waals surface area contributed by atoms with E-state index in [-0.39, 0.29) is 6.04 Å². The van der Waals surface area contributed by atoms with Crippen molar-refractivity contribution < 1.29 is 13.2 Å². The molecule has 0 aliphatic rings. The summed E-state index contributed by atoms with van der Waals surface area (Å²) in [6, 6.07) is 7.30. The van der Waals surface area contributed by atoms with Crippen molar-refractivity contribution in [2.45, 2.75) is 25.6 Å². The van der Waals surface area contributed by atoms with E-state index in [1.54, 1.807) is 17.8 Å². The van der Waals surface area contributed by atoms with Crippen molar-refractivity contribution in [3.05, 3.63) is 52.8 Å². The lowest BCUT2D eigenvalue weighted by Gasteiger charge is -2.17. The van der Waals surface area contributed by atoms with Gasteiger partial charge in [-0.15, -0.1) is 0 Å². The molecule has 114 valence electrons. The number of likely N-dealkylation sites (N-methyl/N-ethyl adjacent to an activating group) is 1. The van der Waals surface area contributed by atoms with Crippen LogP contribution in [0.3, 0.4) is 0 Å². The van der Waals surface area contributed by atoms with Gasteiger partial charge in [-0.3, -0.25) is 4.68 Å². The van der Waals surface area contributed by atoms with Gasteiger partial charge in [-0.25, -0.2) is 0 Å². The fourth-order valence-corrected chi connectivity index (χ4v) is 2.42. The van der Waals surface area contributed by atoms with Crippen LogP contribution in [0.25, 0.3) is 0 Å². The van der Waals surface area contributed by atoms with Crippen molar-refractivity contribution >= 4 is 0 Å². The van der Waals surface area contributed by atoms with Gasteiger partial charge in [0.1, 0.15) is 0 Å². The molecule has 1 N–H and O–H groups in total. The molecular formula is C15H18F3N3. The van der Waals surface area contributed by atoms with Gasteiger partial charge in [0.2, 0.25) is 0 Å². The lowest BCUT2D eigenvalue weighted by molar-refractivity contribution is -0.137. The predicted octanol–water partition coefficient (Wildman–Crippen LogP) is 3.25. The van der Waals surface area contributed by atoms with Gasteiger partial charge in [0.15, 0.2) is 0 Å². The molecular weight excluding hydrogens is 279 g/mol. The smallest absolute Gasteiger partial charge is 0.311 e. The van der Waals surface area contributed by atoms with E-state index in [9.17, 15) is 13.2 Å². The highest BCUT2D eigenvalue weighted by atomic mass is 19.4. The van der Waals surface area contributed by atoms with Crippen molar-refractivity contribution in [2.24, 2.45) is 7.05 Å². The van der Waals surface area contributed by atoms with Crippen LogP contribution in [0.4, 0.5) is 13.2 Å². The Morgan fingerprint density at radius 1 is 1.29 bits per heavy atom. The quantitative estimate of drug-likeness (QED) is 0.939. The average molecular weight is 297 g/mol. The van der Waals surface area contributed by atoms with Crippen LogP contribution in [0.5, 0.6) is 0 Å². The molecule has 1 unspecified atom stereocenters. The molecule has 6 heteroatoms. The van der Waals surface area contributed by atoms with E-state index in [1.807, 2.05) is 20.0 Å². The van der Waals surface area contributed by atoms with E-state index in [2.05, 4.69) is 10.4 Å². The van der Waals surface area contributed by atoms with Crippen molar-refractivity contribution in [1.82, 2.24) is 15.1 Å². The Morgan fingerprint density at radius 3 is 2.52 bits per heavy atom. The molecule has 1 atom stereocenters. The first kappa shape index (κ1) is 15.6. The van der Waals surface area contributed by atoms with Crippen molar-refractivity contribution in [2.75, 3.05) is 7.05 Å². The highest BCUT2D eigenvalue weighted by Crippen LogP contribution is 2.30. The zero-order chi connectivity index (χ0) is 15.6. The van der Waals surface area contributed by atoms with Crippen LogP contribution < -0.4 is 5.32 Å². The second-order valence-corrected chi connectivity index (χ2v) is 5.08. The summed E-state index contributed by atoms with van der Waals surface area (Å²) in [4.78, 5) is 0. The molecule has 0 radical (unpaired) electrons. The van der Waals surface area contributed by atoms with Gasteiger partial charge in [-0.2, -0.15) is 18.3 Å². The molecule has 0 aliphatic heterocycles. The number of alkyl halides is 3. The van der Waals surface area contributed by atoms with Crippen LogP contribution in [0.1, 0.15) is 28.6 Å². The third kappa shape index (κ3) is 3.64. The Kier molecular flexibility index (Phi) is 4.37. The molecule has 3 nitrogen and oxygen atoms in total. The van der Waals surface area contributed by atoms with E-state index in [1.165, 1.54) is 12.1 Å². The second kappa shape index (κ2) is 5.89. The number of aromatic nitrogens is 2. The number of rotatable bonds is 4. The van der Waals surface area contributed by atoms with Gasteiger partial charge in [0.25, 0.3) is 0 Å². The summed E-state index contributed by atoms with van der Waals surface area (Å²) in [5.41, 5.74) is 1.86. The highest BCUT2D eigenvalue weighted by Gasteiger charge is 2.30. The maximum absolute atomic E-state index is 12.7. The van der Waals surface area contributed by atoms with Gasteiger partial charge in [-0.1, -0.05) is 18.2 Å². The summed E-state index contributed by atoms with van der Waals surface area (Å²) in [5.74, 6) is 0. The number of hydrogen-bond donors (Lipinski definition) is 1. The minimum absolute atomic E-state index is 0.0836. The summed E-state index contributed by atoms with van der Waals surface area (Å²) in [6.45, 7) is 1.89. The van der Waals surface area contributed by atoms with E-state index in [4.69, 9.17) is 0 Å². The fourth-order valence-electron chi connectivity index (χ4n) is 2.42. The van der Waals surface area contributed by atoms with Crippen molar-refractivity contribution in [1.29, 1.82) is 0 Å². The van der Waals surface area contributed by atoms with Crippen molar-refractivity contribution in [3.63, 3.8) is 0 Å². The van der Waals surface area contributed by atoms with Gasteiger partial charge in [-0.05, 0) is 38.1 Å². The Morgan fingerprint density at radius 2 is 2.00 bits per heavy atom. The van der Waals surface area contributed by atoms with Gasteiger partial charge in [0, 0.05) is 7.05 Å². The molecule has 2 rings (SSSR count). The molecule has 0 saturated heterocycles. The summed E-state index contributed by atoms with van der Waals surface area (Å²) < 4.78 is 40.0. The maximum atomic E-state index is 12.7. The monoisotopic (exact) mass is 297 g/mol. The summed E-state index contributed by atoms with van der Waals surface area (Å²) in [7, 11) is 3.62. The summed E-state index contributed by atoms with van der Waals surface area (Å²) in [5, 5.41) is 7.41. The lowest BCUT2D eigenvalue weighted by atomic mass is 10.0. The Labute approximate surface area is 121 Å². The van der Waals surface area contributed by atoms with Crippen LogP contribution in [0.2, 0.25) is 0 Å². The maximum Gasteiger partial charge on any atom is 0.416 e. The number of halogens is 3. The molecule has 1 aromatic carbocycles. The normalized spacial score (nSPS) is 13.4. The molecule has 21 heavy (non-hydrogen) atoms. The molecule has 0 fully saturated rings. The first-order valence-corrected chi connectivity index (χ1v) is 6.65. The van der Waals surface area contributed by atoms with E-state index in [0.717, 1.165) is 17.5 Å². The highest BCUT2D eigenvalue weighted by molar-refractivity contribution is 5.27. The first-order chi connectivity index (χ1) is 9.81. The second-order valence-electron chi connectivity index (χ2n) is 5.08. The minimum atomic E-state index is -4.31. The third-order valence-electron chi connectivity index (χ3n) is 3.44. The molecule has 0 saturated carbocycles. The molecule has 0 amide bonds. The number of nitrogens with zero attached hydrogens (tertiary/aromatic N) is 2. The van der Waals surface area contributed by atoms with Crippen LogP contribution in [-0.2, 0) is 19.6 Å². The fraction of sp³-hybridized carbons (Fsp3) is 0.400. The van der Waals surface area contributed by atoms with Crippen LogP contribution in [0.15, 0.2) is 30.3 Å². The Hall–Kier alpha value is -1.82. The van der Waals surface area contributed by atoms with Crippen LogP contribution in [-0.4, -0.2) is 16.8 Å². The number of hydrogen-bond acceptors (Lipinski definition) is 2. The van der Waals surface area contributed by atoms with E-state index in [0.29, 0.717) is 12.0 Å². The first-order valence-electron chi connectivity index (χ1n) is 6.65. The number of nitrogens with one attached hydrogen (secondary N) is 1. The third-order valence-corrected chi connectivity index (χ3v) is 3.44. The number of aryl methyl sites for hydroxylation is 2. The standard InChI is InChI=1S/C15H18F3N3/c1-10-7-14(21(3)20-10)13(19-2)9-11-5-4-6-12(8-11)15(16,17)18/h4-8,13,19H,9H2,1-3H3. The molecule has 0 aliphatic carbocycles.